The van der Waals surface area contributed by atoms with Crippen LogP contribution in [0.5, 0.6) is 0 Å². The standard InChI is InChI=1S/C40H60/c1-33(2)19-13-23-37(7)27-17-31-39(9)29-15-25-35(5)21-11-12-22-36(6)26-16-30-40(10)32-18-28-38(8)24-14-20-34(3)4/h11-12,15-17,19,21-22,25-31,34H,13-14,18,20,23-24,32H2,1-10H3/b12-11-,25-15+,26-16+,31-17+,35-21+,36-22+,37-27+,38-28-,39-29+,40-30+. The highest BCUT2D eigenvalue weighted by molar-refractivity contribution is 5.31. The normalized spacial score (nSPS) is 15.2. The average Bonchev–Trinajstić information content (AvgIpc) is 2.86. The Labute approximate surface area is 249 Å². The zero-order valence-corrected chi connectivity index (χ0v) is 27.7. The van der Waals surface area contributed by atoms with Crippen molar-refractivity contribution in [3.8, 4) is 0 Å². The molecule has 0 spiro atoms. The second-order valence-electron chi connectivity index (χ2n) is 11.9. The Hall–Kier alpha value is -2.86. The lowest BCUT2D eigenvalue weighted by Crippen LogP contribution is -1.87. The zero-order valence-electron chi connectivity index (χ0n) is 27.7. The summed E-state index contributed by atoms with van der Waals surface area (Å²) >= 11 is 0. The van der Waals surface area contributed by atoms with Crippen molar-refractivity contribution in [3.05, 3.63) is 130 Å². The van der Waals surface area contributed by atoms with Gasteiger partial charge in [-0.15, -0.1) is 0 Å². The molecule has 0 atom stereocenters. The van der Waals surface area contributed by atoms with Gasteiger partial charge in [-0.05, 0) is 99.8 Å². The van der Waals surface area contributed by atoms with Crippen molar-refractivity contribution in [2.24, 2.45) is 5.92 Å². The van der Waals surface area contributed by atoms with E-state index in [0.29, 0.717) is 0 Å². The van der Waals surface area contributed by atoms with Gasteiger partial charge in [0, 0.05) is 0 Å². The highest BCUT2D eigenvalue weighted by Crippen LogP contribution is 2.14. The Morgan fingerprint density at radius 2 is 0.900 bits per heavy atom. The molecule has 0 aromatic carbocycles. The molecule has 0 bridgehead atoms. The molecule has 0 saturated heterocycles. The van der Waals surface area contributed by atoms with Gasteiger partial charge in [0.25, 0.3) is 0 Å². The first-order valence-electron chi connectivity index (χ1n) is 15.3. The summed E-state index contributed by atoms with van der Waals surface area (Å²) in [7, 11) is 0. The molecule has 0 radical (unpaired) electrons. The average molecular weight is 541 g/mol. The van der Waals surface area contributed by atoms with Crippen molar-refractivity contribution >= 4 is 0 Å². The Balaban J connectivity index is 4.58. The van der Waals surface area contributed by atoms with Crippen LogP contribution < -0.4 is 0 Å². The Kier molecular flexibility index (Phi) is 22.3. The fourth-order valence-corrected chi connectivity index (χ4v) is 3.85. The molecular formula is C40H60. The number of hydrogen-bond donors (Lipinski definition) is 0. The van der Waals surface area contributed by atoms with Crippen LogP contribution in [-0.4, -0.2) is 0 Å². The summed E-state index contributed by atoms with van der Waals surface area (Å²) in [5, 5.41) is 0. The number of rotatable bonds is 18. The van der Waals surface area contributed by atoms with Crippen molar-refractivity contribution in [2.45, 2.75) is 114 Å². The van der Waals surface area contributed by atoms with Crippen molar-refractivity contribution in [3.63, 3.8) is 0 Å². The summed E-state index contributed by atoms with van der Waals surface area (Å²) < 4.78 is 0. The fourth-order valence-electron chi connectivity index (χ4n) is 3.85. The van der Waals surface area contributed by atoms with E-state index in [-0.39, 0.29) is 0 Å². The third-order valence-corrected chi connectivity index (χ3v) is 6.50. The molecule has 0 nitrogen and oxygen atoms in total. The molecule has 220 valence electrons. The minimum absolute atomic E-state index is 0.811. The third-order valence-electron chi connectivity index (χ3n) is 6.50. The minimum atomic E-state index is 0.811. The monoisotopic (exact) mass is 540 g/mol. The van der Waals surface area contributed by atoms with Crippen LogP contribution in [0.3, 0.4) is 0 Å². The van der Waals surface area contributed by atoms with Gasteiger partial charge in [-0.25, -0.2) is 0 Å². The van der Waals surface area contributed by atoms with Gasteiger partial charge in [0.05, 0.1) is 0 Å². The van der Waals surface area contributed by atoms with E-state index in [0.717, 1.165) is 31.6 Å². The first kappa shape index (κ1) is 37.1. The lowest BCUT2D eigenvalue weighted by molar-refractivity contribution is 0.554. The smallest absolute Gasteiger partial charge is 0.0285 e. The molecule has 0 aliphatic rings. The minimum Gasteiger partial charge on any atom is -0.0856 e. The van der Waals surface area contributed by atoms with E-state index in [1.807, 2.05) is 0 Å². The molecule has 0 N–H and O–H groups in total. The van der Waals surface area contributed by atoms with E-state index in [2.05, 4.69) is 160 Å². The van der Waals surface area contributed by atoms with Crippen molar-refractivity contribution < 1.29 is 0 Å². The predicted octanol–water partition coefficient (Wildman–Crippen LogP) is 13.2. The SMILES string of the molecule is CC(C)=CCC/C(C)=C/C=C/C(C)=C/C=C/C(C)=C/C=C\C=C(C)\C=C\C=C(/C)CC/C=C(/C)CCCC(C)C. The highest BCUT2D eigenvalue weighted by atomic mass is 14.0. The molecule has 0 fully saturated rings. The largest absolute Gasteiger partial charge is 0.0856 e. The fraction of sp³-hybridized carbons (Fsp3) is 0.450. The lowest BCUT2D eigenvalue weighted by atomic mass is 10.0. The summed E-state index contributed by atoms with van der Waals surface area (Å²) in [5.74, 6) is 0.811. The molecule has 0 saturated carbocycles. The third kappa shape index (κ3) is 25.4. The van der Waals surface area contributed by atoms with Crippen molar-refractivity contribution in [2.75, 3.05) is 0 Å². The molecular weight excluding hydrogens is 480 g/mol. The van der Waals surface area contributed by atoms with Gasteiger partial charge in [0.15, 0.2) is 0 Å². The van der Waals surface area contributed by atoms with Crippen LogP contribution in [0.2, 0.25) is 0 Å². The van der Waals surface area contributed by atoms with Crippen LogP contribution in [0, 0.1) is 5.92 Å². The summed E-state index contributed by atoms with van der Waals surface area (Å²) in [5.41, 5.74) is 9.48. The first-order chi connectivity index (χ1) is 19.0. The summed E-state index contributed by atoms with van der Waals surface area (Å²) in [6.45, 7) is 22.0. The van der Waals surface area contributed by atoms with Crippen LogP contribution in [0.25, 0.3) is 0 Å². The van der Waals surface area contributed by atoms with Gasteiger partial charge < -0.3 is 0 Å². The van der Waals surface area contributed by atoms with Gasteiger partial charge >= 0.3 is 0 Å². The van der Waals surface area contributed by atoms with Gasteiger partial charge in [0.2, 0.25) is 0 Å². The van der Waals surface area contributed by atoms with E-state index < -0.39 is 0 Å². The first-order valence-corrected chi connectivity index (χ1v) is 15.3. The van der Waals surface area contributed by atoms with Crippen LogP contribution in [-0.2, 0) is 0 Å². The molecule has 0 aliphatic carbocycles. The maximum Gasteiger partial charge on any atom is -0.0285 e. The Morgan fingerprint density at radius 1 is 0.475 bits per heavy atom. The molecule has 40 heavy (non-hydrogen) atoms. The Morgan fingerprint density at radius 3 is 1.35 bits per heavy atom. The summed E-state index contributed by atoms with van der Waals surface area (Å²) in [6, 6.07) is 0. The summed E-state index contributed by atoms with van der Waals surface area (Å²) in [4.78, 5) is 0. The molecule has 0 aromatic heterocycles. The van der Waals surface area contributed by atoms with Crippen molar-refractivity contribution in [1.29, 1.82) is 0 Å². The second kappa shape index (κ2) is 24.0. The molecule has 0 aromatic rings. The van der Waals surface area contributed by atoms with E-state index in [1.54, 1.807) is 0 Å². The highest BCUT2D eigenvalue weighted by Gasteiger charge is 1.96. The van der Waals surface area contributed by atoms with E-state index in [4.69, 9.17) is 0 Å². The lowest BCUT2D eigenvalue weighted by Gasteiger charge is -2.05. The predicted molar refractivity (Wildman–Crippen MR) is 186 cm³/mol. The van der Waals surface area contributed by atoms with Gasteiger partial charge in [-0.1, -0.05) is 150 Å². The summed E-state index contributed by atoms with van der Waals surface area (Å²) in [6.07, 6.45) is 41.2. The molecule has 0 rings (SSSR count). The van der Waals surface area contributed by atoms with Crippen LogP contribution >= 0.6 is 0 Å². The van der Waals surface area contributed by atoms with Crippen LogP contribution in [0.15, 0.2) is 130 Å². The second-order valence-corrected chi connectivity index (χ2v) is 11.9. The number of allylic oxidation sites excluding steroid dienone is 22. The molecule has 0 amide bonds. The Bertz CT molecular complexity index is 1040. The van der Waals surface area contributed by atoms with Gasteiger partial charge in [-0.2, -0.15) is 0 Å². The van der Waals surface area contributed by atoms with Crippen molar-refractivity contribution in [1.82, 2.24) is 0 Å². The van der Waals surface area contributed by atoms with Crippen LogP contribution in [0.4, 0.5) is 0 Å². The number of hydrogen-bond acceptors (Lipinski definition) is 0. The quantitative estimate of drug-likeness (QED) is 0.120. The van der Waals surface area contributed by atoms with Gasteiger partial charge in [0.1, 0.15) is 0 Å². The van der Waals surface area contributed by atoms with Crippen LogP contribution in [0.1, 0.15) is 114 Å². The van der Waals surface area contributed by atoms with E-state index in [9.17, 15) is 0 Å². The maximum absolute atomic E-state index is 2.42. The maximum atomic E-state index is 2.42. The molecule has 0 unspecified atom stereocenters. The molecule has 0 heteroatoms. The zero-order chi connectivity index (χ0) is 30.2. The molecule has 0 aliphatic heterocycles. The molecule has 0 heterocycles. The topological polar surface area (TPSA) is 0 Å². The van der Waals surface area contributed by atoms with E-state index in [1.165, 1.54) is 58.3 Å². The van der Waals surface area contributed by atoms with Gasteiger partial charge in [-0.3, -0.25) is 0 Å². The van der Waals surface area contributed by atoms with E-state index >= 15 is 0 Å².